The van der Waals surface area contributed by atoms with E-state index in [1.54, 1.807) is 11.6 Å². The van der Waals surface area contributed by atoms with Crippen molar-refractivity contribution >= 4 is 5.97 Å². The summed E-state index contributed by atoms with van der Waals surface area (Å²) in [7, 11) is 1.86. The first kappa shape index (κ1) is 11.8. The van der Waals surface area contributed by atoms with Gasteiger partial charge in [0.25, 0.3) is 0 Å². The van der Waals surface area contributed by atoms with Crippen molar-refractivity contribution in [1.29, 1.82) is 0 Å². The molecule has 0 saturated heterocycles. The molecule has 0 bridgehead atoms. The molecule has 1 heterocycles. The first-order chi connectivity index (χ1) is 7.06. The molecular formula is C11H18N2O2. The maximum Gasteiger partial charge on any atom is 0.306 e. The van der Waals surface area contributed by atoms with Crippen molar-refractivity contribution in [3.8, 4) is 0 Å². The molecule has 1 rings (SSSR count). The van der Waals surface area contributed by atoms with E-state index in [9.17, 15) is 4.79 Å². The Bertz CT molecular complexity index is 344. The van der Waals surface area contributed by atoms with E-state index in [1.807, 2.05) is 13.2 Å². The summed E-state index contributed by atoms with van der Waals surface area (Å²) in [6, 6.07) is 0. The Hall–Kier alpha value is -1.32. The standard InChI is InChI=1S/C11H18N2O2/c1-4-5-9-7-12-13(3)10(9)6-8(2)11(14)15/h7-8H,4-6H2,1-3H3,(H,14,15). The Balaban J connectivity index is 2.82. The van der Waals surface area contributed by atoms with Crippen LogP contribution in [-0.4, -0.2) is 20.9 Å². The summed E-state index contributed by atoms with van der Waals surface area (Å²) in [6.07, 6.45) is 4.42. The fraction of sp³-hybridized carbons (Fsp3) is 0.636. The molecule has 0 aromatic carbocycles. The van der Waals surface area contributed by atoms with E-state index >= 15 is 0 Å². The van der Waals surface area contributed by atoms with Crippen LogP contribution in [0.3, 0.4) is 0 Å². The quantitative estimate of drug-likeness (QED) is 0.803. The number of aliphatic carboxylic acids is 1. The number of carbonyl (C=O) groups is 1. The number of carboxylic acids is 1. The lowest BCUT2D eigenvalue weighted by atomic mass is 10.0. The van der Waals surface area contributed by atoms with Crippen molar-refractivity contribution in [2.45, 2.75) is 33.1 Å². The number of aryl methyl sites for hydroxylation is 2. The van der Waals surface area contributed by atoms with Crippen molar-refractivity contribution in [2.75, 3.05) is 0 Å². The van der Waals surface area contributed by atoms with Gasteiger partial charge in [-0.05, 0) is 12.0 Å². The highest BCUT2D eigenvalue weighted by atomic mass is 16.4. The summed E-state index contributed by atoms with van der Waals surface area (Å²) < 4.78 is 1.78. The largest absolute Gasteiger partial charge is 0.481 e. The SMILES string of the molecule is CCCc1cnn(C)c1CC(C)C(=O)O. The van der Waals surface area contributed by atoms with Crippen LogP contribution in [0.1, 0.15) is 31.5 Å². The van der Waals surface area contributed by atoms with Gasteiger partial charge in [-0.25, -0.2) is 0 Å². The van der Waals surface area contributed by atoms with Gasteiger partial charge in [0.05, 0.1) is 12.1 Å². The lowest BCUT2D eigenvalue weighted by Crippen LogP contribution is -2.15. The van der Waals surface area contributed by atoms with Crippen LogP contribution >= 0.6 is 0 Å². The number of nitrogens with zero attached hydrogens (tertiary/aromatic N) is 2. The third-order valence-corrected chi connectivity index (χ3v) is 2.59. The van der Waals surface area contributed by atoms with Crippen LogP contribution in [0.2, 0.25) is 0 Å². The van der Waals surface area contributed by atoms with Crippen LogP contribution in [0.25, 0.3) is 0 Å². The average Bonchev–Trinajstić information content (AvgIpc) is 2.50. The summed E-state index contributed by atoms with van der Waals surface area (Å²) in [6.45, 7) is 3.84. The predicted molar refractivity (Wildman–Crippen MR) is 57.7 cm³/mol. The van der Waals surface area contributed by atoms with Crippen molar-refractivity contribution in [3.05, 3.63) is 17.5 Å². The number of aromatic nitrogens is 2. The fourth-order valence-corrected chi connectivity index (χ4v) is 1.63. The van der Waals surface area contributed by atoms with Crippen molar-refractivity contribution in [3.63, 3.8) is 0 Å². The van der Waals surface area contributed by atoms with Crippen molar-refractivity contribution < 1.29 is 9.90 Å². The molecule has 0 aliphatic heterocycles. The van der Waals surface area contributed by atoms with Gasteiger partial charge in [-0.3, -0.25) is 9.48 Å². The van der Waals surface area contributed by atoms with Gasteiger partial charge in [0.1, 0.15) is 0 Å². The highest BCUT2D eigenvalue weighted by Gasteiger charge is 2.16. The minimum atomic E-state index is -0.751. The molecule has 1 aromatic rings. The lowest BCUT2D eigenvalue weighted by molar-refractivity contribution is -0.141. The summed E-state index contributed by atoms with van der Waals surface area (Å²) >= 11 is 0. The smallest absolute Gasteiger partial charge is 0.306 e. The van der Waals surface area contributed by atoms with Gasteiger partial charge in [-0.15, -0.1) is 0 Å². The summed E-state index contributed by atoms with van der Waals surface area (Å²) in [5.74, 6) is -1.10. The molecule has 1 unspecified atom stereocenters. The van der Waals surface area contributed by atoms with Gasteiger partial charge in [0.15, 0.2) is 0 Å². The minimum absolute atomic E-state index is 0.351. The fourth-order valence-electron chi connectivity index (χ4n) is 1.63. The van der Waals surface area contributed by atoms with E-state index in [2.05, 4.69) is 12.0 Å². The van der Waals surface area contributed by atoms with Crippen molar-refractivity contribution in [1.82, 2.24) is 9.78 Å². The van der Waals surface area contributed by atoms with Gasteiger partial charge < -0.3 is 5.11 Å². The molecule has 1 atom stereocenters. The molecule has 0 aliphatic carbocycles. The maximum atomic E-state index is 10.8. The minimum Gasteiger partial charge on any atom is -0.481 e. The van der Waals surface area contributed by atoms with Crippen LogP contribution in [0.15, 0.2) is 6.20 Å². The molecule has 84 valence electrons. The number of rotatable bonds is 5. The highest BCUT2D eigenvalue weighted by molar-refractivity contribution is 5.69. The molecule has 15 heavy (non-hydrogen) atoms. The first-order valence-corrected chi connectivity index (χ1v) is 5.28. The lowest BCUT2D eigenvalue weighted by Gasteiger charge is -2.08. The Labute approximate surface area is 89.9 Å². The highest BCUT2D eigenvalue weighted by Crippen LogP contribution is 2.15. The molecule has 0 spiro atoms. The first-order valence-electron chi connectivity index (χ1n) is 5.28. The zero-order valence-corrected chi connectivity index (χ0v) is 9.53. The van der Waals surface area contributed by atoms with E-state index < -0.39 is 5.97 Å². The summed E-state index contributed by atoms with van der Waals surface area (Å²) in [4.78, 5) is 10.8. The second-order valence-electron chi connectivity index (χ2n) is 3.93. The third kappa shape index (κ3) is 2.81. The van der Waals surface area contributed by atoms with E-state index in [4.69, 9.17) is 5.11 Å². The topological polar surface area (TPSA) is 55.1 Å². The zero-order valence-electron chi connectivity index (χ0n) is 9.53. The van der Waals surface area contributed by atoms with Crippen LogP contribution < -0.4 is 0 Å². The Morgan fingerprint density at radius 3 is 2.87 bits per heavy atom. The molecule has 0 radical (unpaired) electrons. The van der Waals surface area contributed by atoms with Crippen LogP contribution in [0.5, 0.6) is 0 Å². The molecule has 1 aromatic heterocycles. The predicted octanol–water partition coefficient (Wildman–Crippen LogP) is 1.64. The Kier molecular flexibility index (Phi) is 3.88. The van der Waals surface area contributed by atoms with E-state index in [0.29, 0.717) is 6.42 Å². The number of hydrogen-bond donors (Lipinski definition) is 1. The zero-order chi connectivity index (χ0) is 11.4. The van der Waals surface area contributed by atoms with Crippen molar-refractivity contribution in [2.24, 2.45) is 13.0 Å². The van der Waals surface area contributed by atoms with Gasteiger partial charge in [0, 0.05) is 19.2 Å². The Morgan fingerprint density at radius 1 is 1.67 bits per heavy atom. The van der Waals surface area contributed by atoms with Crippen LogP contribution in [0, 0.1) is 5.92 Å². The van der Waals surface area contributed by atoms with Crippen LogP contribution in [0.4, 0.5) is 0 Å². The molecule has 0 fully saturated rings. The number of hydrogen-bond acceptors (Lipinski definition) is 2. The van der Waals surface area contributed by atoms with E-state index in [1.165, 1.54) is 5.56 Å². The Morgan fingerprint density at radius 2 is 2.33 bits per heavy atom. The van der Waals surface area contributed by atoms with Crippen LogP contribution in [-0.2, 0) is 24.7 Å². The maximum absolute atomic E-state index is 10.8. The van der Waals surface area contributed by atoms with Gasteiger partial charge in [0.2, 0.25) is 0 Å². The monoisotopic (exact) mass is 210 g/mol. The normalized spacial score (nSPS) is 12.7. The van der Waals surface area contributed by atoms with Gasteiger partial charge >= 0.3 is 5.97 Å². The molecule has 4 nitrogen and oxygen atoms in total. The molecule has 1 N–H and O–H groups in total. The summed E-state index contributed by atoms with van der Waals surface area (Å²) in [5, 5.41) is 13.0. The number of carboxylic acid groups (broad SMARTS) is 1. The molecule has 0 aliphatic rings. The van der Waals surface area contributed by atoms with Gasteiger partial charge in [-0.1, -0.05) is 20.3 Å². The molecule has 0 saturated carbocycles. The van der Waals surface area contributed by atoms with Gasteiger partial charge in [-0.2, -0.15) is 5.10 Å². The summed E-state index contributed by atoms with van der Waals surface area (Å²) in [5.41, 5.74) is 2.22. The average molecular weight is 210 g/mol. The molecule has 0 amide bonds. The molecular weight excluding hydrogens is 192 g/mol. The second kappa shape index (κ2) is 4.96. The second-order valence-corrected chi connectivity index (χ2v) is 3.93. The van der Waals surface area contributed by atoms with E-state index in [0.717, 1.165) is 18.5 Å². The van der Waals surface area contributed by atoms with E-state index in [-0.39, 0.29) is 5.92 Å². The molecule has 4 heteroatoms. The third-order valence-electron chi connectivity index (χ3n) is 2.59.